The standard InChI is InChI=1S/C24H28N2/c1-4-11-22(12-5-1)19-25-17-10-18-26(20-23-13-6-2-7-14-23)21-24-15-8-3-9-16-24/h1-9,11-16,25H,10,17-21H2. The Balaban J connectivity index is 1.48. The first-order valence-electron chi connectivity index (χ1n) is 9.45. The Hall–Kier alpha value is -2.42. The van der Waals surface area contributed by atoms with Crippen LogP contribution in [0.1, 0.15) is 23.1 Å². The highest BCUT2D eigenvalue weighted by Crippen LogP contribution is 2.10. The molecule has 2 heteroatoms. The summed E-state index contributed by atoms with van der Waals surface area (Å²) in [7, 11) is 0. The van der Waals surface area contributed by atoms with Crippen LogP contribution in [0, 0.1) is 0 Å². The average Bonchev–Trinajstić information content (AvgIpc) is 2.70. The third-order valence-electron chi connectivity index (χ3n) is 4.50. The molecule has 0 fully saturated rings. The minimum atomic E-state index is 0.943. The monoisotopic (exact) mass is 344 g/mol. The minimum Gasteiger partial charge on any atom is -0.313 e. The molecule has 0 saturated carbocycles. The van der Waals surface area contributed by atoms with E-state index in [2.05, 4.69) is 101 Å². The summed E-state index contributed by atoms with van der Waals surface area (Å²) >= 11 is 0. The van der Waals surface area contributed by atoms with Gasteiger partial charge < -0.3 is 5.32 Å². The van der Waals surface area contributed by atoms with E-state index in [4.69, 9.17) is 0 Å². The van der Waals surface area contributed by atoms with E-state index in [1.807, 2.05) is 0 Å². The number of hydrogen-bond acceptors (Lipinski definition) is 2. The highest BCUT2D eigenvalue weighted by molar-refractivity contribution is 5.17. The fourth-order valence-corrected chi connectivity index (χ4v) is 3.15. The molecule has 3 rings (SSSR count). The van der Waals surface area contributed by atoms with Gasteiger partial charge in [-0.2, -0.15) is 0 Å². The molecular weight excluding hydrogens is 316 g/mol. The Bertz CT molecular complexity index is 684. The molecule has 26 heavy (non-hydrogen) atoms. The molecular formula is C24H28N2. The maximum Gasteiger partial charge on any atom is 0.0237 e. The normalized spacial score (nSPS) is 11.0. The van der Waals surface area contributed by atoms with E-state index in [9.17, 15) is 0 Å². The lowest BCUT2D eigenvalue weighted by Crippen LogP contribution is -2.27. The van der Waals surface area contributed by atoms with Crippen molar-refractivity contribution in [2.24, 2.45) is 0 Å². The largest absolute Gasteiger partial charge is 0.313 e. The van der Waals surface area contributed by atoms with Gasteiger partial charge in [-0.3, -0.25) is 4.90 Å². The second-order valence-corrected chi connectivity index (χ2v) is 6.70. The molecule has 134 valence electrons. The van der Waals surface area contributed by atoms with Crippen molar-refractivity contribution in [3.63, 3.8) is 0 Å². The van der Waals surface area contributed by atoms with E-state index >= 15 is 0 Å². The Morgan fingerprint density at radius 3 is 1.54 bits per heavy atom. The lowest BCUT2D eigenvalue weighted by Gasteiger charge is -2.23. The van der Waals surface area contributed by atoms with Gasteiger partial charge in [-0.1, -0.05) is 91.0 Å². The SMILES string of the molecule is c1ccc(CNCCCN(Cc2ccccc2)Cc2ccccc2)cc1. The summed E-state index contributed by atoms with van der Waals surface area (Å²) in [6.45, 7) is 5.06. The fourth-order valence-electron chi connectivity index (χ4n) is 3.15. The summed E-state index contributed by atoms with van der Waals surface area (Å²) in [5, 5.41) is 3.56. The molecule has 0 atom stereocenters. The molecule has 0 aliphatic rings. The Labute approximate surface area is 157 Å². The molecule has 0 saturated heterocycles. The Morgan fingerprint density at radius 2 is 1.04 bits per heavy atom. The molecule has 0 aliphatic carbocycles. The minimum absolute atomic E-state index is 0.943. The van der Waals surface area contributed by atoms with Crippen LogP contribution >= 0.6 is 0 Å². The highest BCUT2D eigenvalue weighted by atomic mass is 15.1. The third kappa shape index (κ3) is 6.47. The quantitative estimate of drug-likeness (QED) is 0.528. The zero-order valence-corrected chi connectivity index (χ0v) is 15.4. The number of nitrogens with zero attached hydrogens (tertiary/aromatic N) is 1. The maximum absolute atomic E-state index is 3.56. The van der Waals surface area contributed by atoms with Crippen LogP contribution < -0.4 is 5.32 Å². The van der Waals surface area contributed by atoms with Crippen molar-refractivity contribution < 1.29 is 0 Å². The summed E-state index contributed by atoms with van der Waals surface area (Å²) in [4.78, 5) is 2.54. The summed E-state index contributed by atoms with van der Waals surface area (Å²) in [6, 6.07) is 32.1. The lowest BCUT2D eigenvalue weighted by atomic mass is 10.1. The van der Waals surface area contributed by atoms with E-state index in [-0.39, 0.29) is 0 Å². The molecule has 0 heterocycles. The van der Waals surface area contributed by atoms with Crippen molar-refractivity contribution in [3.8, 4) is 0 Å². The molecule has 0 amide bonds. The predicted octanol–water partition coefficient (Wildman–Crippen LogP) is 4.87. The molecule has 0 radical (unpaired) electrons. The summed E-state index contributed by atoms with van der Waals surface area (Å²) in [5.41, 5.74) is 4.10. The van der Waals surface area contributed by atoms with Crippen molar-refractivity contribution in [3.05, 3.63) is 108 Å². The van der Waals surface area contributed by atoms with Crippen molar-refractivity contribution in [2.45, 2.75) is 26.1 Å². The van der Waals surface area contributed by atoms with Crippen LogP contribution in [0.15, 0.2) is 91.0 Å². The van der Waals surface area contributed by atoms with E-state index in [1.165, 1.54) is 16.7 Å². The van der Waals surface area contributed by atoms with E-state index in [1.54, 1.807) is 0 Å². The van der Waals surface area contributed by atoms with Crippen LogP contribution in [0.2, 0.25) is 0 Å². The highest BCUT2D eigenvalue weighted by Gasteiger charge is 2.07. The van der Waals surface area contributed by atoms with Crippen LogP contribution in [-0.4, -0.2) is 18.0 Å². The first-order valence-corrected chi connectivity index (χ1v) is 9.45. The number of benzene rings is 3. The van der Waals surface area contributed by atoms with Gasteiger partial charge in [0.15, 0.2) is 0 Å². The molecule has 0 unspecified atom stereocenters. The van der Waals surface area contributed by atoms with Gasteiger partial charge in [-0.05, 0) is 29.7 Å². The van der Waals surface area contributed by atoms with Crippen molar-refractivity contribution in [1.82, 2.24) is 10.2 Å². The summed E-state index contributed by atoms with van der Waals surface area (Å²) in [5.74, 6) is 0. The predicted molar refractivity (Wildman–Crippen MR) is 110 cm³/mol. The maximum atomic E-state index is 3.56. The molecule has 1 N–H and O–H groups in total. The van der Waals surface area contributed by atoms with Gasteiger partial charge in [0.05, 0.1) is 0 Å². The molecule has 0 aromatic heterocycles. The number of hydrogen-bond donors (Lipinski definition) is 1. The fraction of sp³-hybridized carbons (Fsp3) is 0.250. The second-order valence-electron chi connectivity index (χ2n) is 6.70. The Kier molecular flexibility index (Phi) is 7.45. The molecule has 3 aromatic rings. The molecule has 3 aromatic carbocycles. The van der Waals surface area contributed by atoms with Crippen molar-refractivity contribution in [1.29, 1.82) is 0 Å². The Morgan fingerprint density at radius 1 is 0.577 bits per heavy atom. The van der Waals surface area contributed by atoms with Gasteiger partial charge in [0.1, 0.15) is 0 Å². The third-order valence-corrected chi connectivity index (χ3v) is 4.50. The summed E-state index contributed by atoms with van der Waals surface area (Å²) in [6.07, 6.45) is 1.15. The van der Waals surface area contributed by atoms with Crippen LogP contribution in [0.25, 0.3) is 0 Å². The van der Waals surface area contributed by atoms with Gasteiger partial charge in [0.25, 0.3) is 0 Å². The van der Waals surface area contributed by atoms with Crippen LogP contribution in [0.3, 0.4) is 0 Å². The first-order chi connectivity index (χ1) is 12.9. The van der Waals surface area contributed by atoms with Crippen molar-refractivity contribution in [2.75, 3.05) is 13.1 Å². The average molecular weight is 345 g/mol. The van der Waals surface area contributed by atoms with Crippen molar-refractivity contribution >= 4 is 0 Å². The van der Waals surface area contributed by atoms with Gasteiger partial charge in [-0.25, -0.2) is 0 Å². The lowest BCUT2D eigenvalue weighted by molar-refractivity contribution is 0.252. The van der Waals surface area contributed by atoms with E-state index in [0.29, 0.717) is 0 Å². The zero-order chi connectivity index (χ0) is 17.9. The van der Waals surface area contributed by atoms with Crippen LogP contribution in [0.4, 0.5) is 0 Å². The topological polar surface area (TPSA) is 15.3 Å². The first kappa shape index (κ1) is 18.4. The molecule has 0 aliphatic heterocycles. The smallest absolute Gasteiger partial charge is 0.0237 e. The van der Waals surface area contributed by atoms with Crippen LogP contribution in [-0.2, 0) is 19.6 Å². The molecule has 2 nitrogen and oxygen atoms in total. The van der Waals surface area contributed by atoms with Gasteiger partial charge in [-0.15, -0.1) is 0 Å². The van der Waals surface area contributed by atoms with Crippen LogP contribution in [0.5, 0.6) is 0 Å². The van der Waals surface area contributed by atoms with Gasteiger partial charge in [0, 0.05) is 26.2 Å². The zero-order valence-electron chi connectivity index (χ0n) is 15.4. The summed E-state index contributed by atoms with van der Waals surface area (Å²) < 4.78 is 0. The van der Waals surface area contributed by atoms with E-state index < -0.39 is 0 Å². The van der Waals surface area contributed by atoms with E-state index in [0.717, 1.165) is 39.1 Å². The number of rotatable bonds is 10. The molecule has 0 bridgehead atoms. The van der Waals surface area contributed by atoms with Gasteiger partial charge in [0.2, 0.25) is 0 Å². The molecule has 0 spiro atoms. The van der Waals surface area contributed by atoms with Gasteiger partial charge >= 0.3 is 0 Å². The number of nitrogens with one attached hydrogen (secondary N) is 1. The second kappa shape index (κ2) is 10.5.